The summed E-state index contributed by atoms with van der Waals surface area (Å²) in [4.78, 5) is 14.2. The van der Waals surface area contributed by atoms with Gasteiger partial charge in [0.25, 0.3) is 0 Å². The number of nitrogens with one attached hydrogen (secondary N) is 1. The van der Waals surface area contributed by atoms with Gasteiger partial charge in [0.2, 0.25) is 5.56 Å². The van der Waals surface area contributed by atoms with E-state index in [1.807, 2.05) is 12.1 Å². The van der Waals surface area contributed by atoms with Crippen molar-refractivity contribution in [1.29, 1.82) is 0 Å². The summed E-state index contributed by atoms with van der Waals surface area (Å²) in [5.41, 5.74) is 3.19. The minimum atomic E-state index is -0.273. The number of H-pyrrole nitrogens is 1. The number of nitrogens with zero attached hydrogens (tertiary/aromatic N) is 2. The second-order valence-corrected chi connectivity index (χ2v) is 5.59. The number of rotatable bonds is 4. The molecule has 118 valence electrons. The number of halogens is 1. The van der Waals surface area contributed by atoms with E-state index in [9.17, 15) is 9.18 Å². The van der Waals surface area contributed by atoms with Crippen LogP contribution in [0.3, 0.4) is 0 Å². The number of hydrogen-bond acceptors (Lipinski definition) is 2. The molecule has 0 amide bonds. The van der Waals surface area contributed by atoms with Gasteiger partial charge in [-0.3, -0.25) is 4.79 Å². The second-order valence-electron chi connectivity index (χ2n) is 5.59. The van der Waals surface area contributed by atoms with Crippen LogP contribution in [0.5, 0.6) is 0 Å². The molecule has 1 atom stereocenters. The van der Waals surface area contributed by atoms with Gasteiger partial charge < -0.3 is 4.98 Å². The van der Waals surface area contributed by atoms with Crippen LogP contribution in [-0.2, 0) is 0 Å². The predicted octanol–water partition coefficient (Wildman–Crippen LogP) is 3.88. The fourth-order valence-electron chi connectivity index (χ4n) is 2.49. The lowest BCUT2D eigenvalue weighted by atomic mass is 10.0. The minimum Gasteiger partial charge on any atom is -0.329 e. The van der Waals surface area contributed by atoms with Gasteiger partial charge in [-0.15, -0.1) is 0 Å². The third kappa shape index (κ3) is 3.08. The zero-order valence-electron chi connectivity index (χ0n) is 13.1. The van der Waals surface area contributed by atoms with Crippen molar-refractivity contribution in [2.45, 2.75) is 26.2 Å². The summed E-state index contributed by atoms with van der Waals surface area (Å²) in [6.07, 6.45) is 2.56. The Hall–Kier alpha value is -2.69. The van der Waals surface area contributed by atoms with Crippen molar-refractivity contribution >= 4 is 0 Å². The molecule has 0 aliphatic carbocycles. The highest BCUT2D eigenvalue weighted by molar-refractivity contribution is 5.60. The topological polar surface area (TPSA) is 50.7 Å². The van der Waals surface area contributed by atoms with Gasteiger partial charge in [0, 0.05) is 23.5 Å². The molecule has 0 spiro atoms. The summed E-state index contributed by atoms with van der Waals surface area (Å²) in [6.45, 7) is 4.23. The van der Waals surface area contributed by atoms with Crippen LogP contribution in [-0.4, -0.2) is 14.8 Å². The molecule has 3 rings (SSSR count). The lowest BCUT2D eigenvalue weighted by Gasteiger charge is -2.11. The summed E-state index contributed by atoms with van der Waals surface area (Å²) in [6, 6.07) is 11.6. The molecular formula is C18H18FN3O. The smallest absolute Gasteiger partial charge is 0.250 e. The third-order valence-electron chi connectivity index (χ3n) is 4.00. The molecule has 5 heteroatoms. The highest BCUT2D eigenvalue weighted by atomic mass is 19.1. The van der Waals surface area contributed by atoms with Crippen LogP contribution in [0.2, 0.25) is 0 Å². The van der Waals surface area contributed by atoms with Crippen LogP contribution >= 0.6 is 0 Å². The Kier molecular flexibility index (Phi) is 4.10. The predicted molar refractivity (Wildman–Crippen MR) is 88.3 cm³/mol. The average molecular weight is 311 g/mol. The van der Waals surface area contributed by atoms with Crippen LogP contribution in [0.4, 0.5) is 4.39 Å². The first kappa shape index (κ1) is 15.2. The molecule has 0 fully saturated rings. The molecule has 2 heterocycles. The van der Waals surface area contributed by atoms with E-state index < -0.39 is 0 Å². The summed E-state index contributed by atoms with van der Waals surface area (Å²) in [7, 11) is 0. The molecule has 1 unspecified atom stereocenters. The van der Waals surface area contributed by atoms with Crippen molar-refractivity contribution < 1.29 is 4.39 Å². The first-order valence-electron chi connectivity index (χ1n) is 7.63. The summed E-state index contributed by atoms with van der Waals surface area (Å²) in [5.74, 6) is 0.0147. The van der Waals surface area contributed by atoms with Crippen LogP contribution < -0.4 is 5.56 Å². The summed E-state index contributed by atoms with van der Waals surface area (Å²) < 4.78 is 14.9. The molecule has 2 aromatic heterocycles. The van der Waals surface area contributed by atoms with E-state index in [1.165, 1.54) is 18.2 Å². The highest BCUT2D eigenvalue weighted by Gasteiger charge is 2.16. The third-order valence-corrected chi connectivity index (χ3v) is 4.00. The molecule has 4 nitrogen and oxygen atoms in total. The van der Waals surface area contributed by atoms with Gasteiger partial charge in [-0.25, -0.2) is 9.07 Å². The maximum atomic E-state index is 13.1. The van der Waals surface area contributed by atoms with E-state index >= 15 is 0 Å². The van der Waals surface area contributed by atoms with E-state index in [-0.39, 0.29) is 17.3 Å². The van der Waals surface area contributed by atoms with Crippen LogP contribution in [0, 0.1) is 5.82 Å². The molecule has 0 aliphatic rings. The van der Waals surface area contributed by atoms with E-state index in [1.54, 1.807) is 23.0 Å². The van der Waals surface area contributed by atoms with Crippen molar-refractivity contribution in [3.8, 4) is 16.9 Å². The van der Waals surface area contributed by atoms with E-state index in [0.717, 1.165) is 29.1 Å². The Morgan fingerprint density at radius 3 is 2.61 bits per heavy atom. The van der Waals surface area contributed by atoms with Gasteiger partial charge in [0.1, 0.15) is 5.82 Å². The number of benzene rings is 1. The lowest BCUT2D eigenvalue weighted by molar-refractivity contribution is 0.628. The van der Waals surface area contributed by atoms with Crippen molar-refractivity contribution in [2.24, 2.45) is 0 Å². The standard InChI is InChI=1S/C18H18FN3O/c1-3-12(2)17-11-16(13-4-6-14(19)7-5-13)21-22(17)15-8-9-20-18(23)10-15/h4-12H,3H2,1-2H3,(H,20,23). The first-order chi connectivity index (χ1) is 11.1. The number of aromatic nitrogens is 3. The largest absolute Gasteiger partial charge is 0.329 e. The SMILES string of the molecule is CCC(C)c1cc(-c2ccc(F)cc2)nn1-c1cc[nH]c(=O)c1. The summed E-state index contributed by atoms with van der Waals surface area (Å²) >= 11 is 0. The fraction of sp³-hybridized carbons (Fsp3) is 0.222. The quantitative estimate of drug-likeness (QED) is 0.795. The van der Waals surface area contributed by atoms with Crippen molar-refractivity contribution in [2.75, 3.05) is 0 Å². The van der Waals surface area contributed by atoms with Gasteiger partial charge in [0.15, 0.2) is 0 Å². The van der Waals surface area contributed by atoms with Crippen LogP contribution in [0.1, 0.15) is 31.9 Å². The first-order valence-corrected chi connectivity index (χ1v) is 7.63. The minimum absolute atomic E-state index is 0.170. The molecule has 0 saturated carbocycles. The Morgan fingerprint density at radius 2 is 1.96 bits per heavy atom. The zero-order chi connectivity index (χ0) is 16.4. The monoisotopic (exact) mass is 311 g/mol. The van der Waals surface area contributed by atoms with Gasteiger partial charge >= 0.3 is 0 Å². The average Bonchev–Trinajstić information content (AvgIpc) is 3.00. The van der Waals surface area contributed by atoms with Crippen molar-refractivity contribution in [1.82, 2.24) is 14.8 Å². The Balaban J connectivity index is 2.14. The molecular weight excluding hydrogens is 293 g/mol. The van der Waals surface area contributed by atoms with Crippen molar-refractivity contribution in [3.63, 3.8) is 0 Å². The molecule has 23 heavy (non-hydrogen) atoms. The second kappa shape index (κ2) is 6.20. The molecule has 0 bridgehead atoms. The number of aromatic amines is 1. The van der Waals surface area contributed by atoms with E-state index in [2.05, 4.69) is 23.9 Å². The number of pyridine rings is 1. The Labute approximate surface area is 133 Å². The van der Waals surface area contributed by atoms with E-state index in [4.69, 9.17) is 0 Å². The maximum absolute atomic E-state index is 13.1. The Bertz CT molecular complexity index is 864. The highest BCUT2D eigenvalue weighted by Crippen LogP contribution is 2.27. The van der Waals surface area contributed by atoms with Gasteiger partial charge in [-0.05, 0) is 48.7 Å². The molecule has 0 aliphatic heterocycles. The zero-order valence-corrected chi connectivity index (χ0v) is 13.1. The van der Waals surface area contributed by atoms with Crippen LogP contribution in [0.25, 0.3) is 16.9 Å². The summed E-state index contributed by atoms with van der Waals surface area (Å²) in [5, 5.41) is 4.63. The van der Waals surface area contributed by atoms with E-state index in [0.29, 0.717) is 0 Å². The van der Waals surface area contributed by atoms with Crippen molar-refractivity contribution in [3.05, 3.63) is 70.5 Å². The number of hydrogen-bond donors (Lipinski definition) is 1. The molecule has 1 N–H and O–H groups in total. The fourth-order valence-corrected chi connectivity index (χ4v) is 2.49. The van der Waals surface area contributed by atoms with Gasteiger partial charge in [-0.1, -0.05) is 13.8 Å². The molecule has 3 aromatic rings. The van der Waals surface area contributed by atoms with Gasteiger partial charge in [-0.2, -0.15) is 5.10 Å². The van der Waals surface area contributed by atoms with Crippen LogP contribution in [0.15, 0.2) is 53.5 Å². The lowest BCUT2D eigenvalue weighted by Crippen LogP contribution is -2.10. The normalized spacial score (nSPS) is 12.3. The Morgan fingerprint density at radius 1 is 1.22 bits per heavy atom. The van der Waals surface area contributed by atoms with Gasteiger partial charge in [0.05, 0.1) is 11.4 Å². The molecule has 0 saturated heterocycles. The molecule has 0 radical (unpaired) electrons. The molecule has 1 aromatic carbocycles. The maximum Gasteiger partial charge on any atom is 0.250 e.